The Morgan fingerprint density at radius 1 is 1.58 bits per heavy atom. The van der Waals surface area contributed by atoms with E-state index in [1.807, 2.05) is 0 Å². The van der Waals surface area contributed by atoms with Crippen LogP contribution in [0.15, 0.2) is 12.1 Å². The minimum Gasteiger partial charge on any atom is -0.495 e. The molecule has 66 valence electrons. The van der Waals surface area contributed by atoms with Gasteiger partial charge in [0.05, 0.1) is 19.4 Å². The molecule has 0 amide bonds. The second-order valence-electron chi connectivity index (χ2n) is 2.36. The van der Waals surface area contributed by atoms with Crippen molar-refractivity contribution in [1.82, 2.24) is 0 Å². The largest absolute Gasteiger partial charge is 0.495 e. The SMILES string of the molecule is COc1cc(CO)cc(N)c1Cl. The van der Waals surface area contributed by atoms with Gasteiger partial charge in [0, 0.05) is 0 Å². The number of methoxy groups -OCH3 is 1. The summed E-state index contributed by atoms with van der Waals surface area (Å²) in [6.45, 7) is -0.0717. The highest BCUT2D eigenvalue weighted by atomic mass is 35.5. The topological polar surface area (TPSA) is 55.5 Å². The fourth-order valence-electron chi connectivity index (χ4n) is 0.919. The van der Waals surface area contributed by atoms with Crippen LogP contribution in [0.5, 0.6) is 5.75 Å². The van der Waals surface area contributed by atoms with Crippen molar-refractivity contribution >= 4 is 17.3 Å². The summed E-state index contributed by atoms with van der Waals surface area (Å²) in [6, 6.07) is 3.27. The zero-order chi connectivity index (χ0) is 9.14. The van der Waals surface area contributed by atoms with E-state index in [4.69, 9.17) is 27.2 Å². The van der Waals surface area contributed by atoms with Gasteiger partial charge < -0.3 is 15.6 Å². The first-order chi connectivity index (χ1) is 5.69. The highest BCUT2D eigenvalue weighted by Crippen LogP contribution is 2.31. The monoisotopic (exact) mass is 187 g/mol. The molecule has 1 rings (SSSR count). The van der Waals surface area contributed by atoms with Crippen LogP contribution in [0.25, 0.3) is 0 Å². The lowest BCUT2D eigenvalue weighted by Gasteiger charge is -2.07. The minimum absolute atomic E-state index is 0.0717. The van der Waals surface area contributed by atoms with Gasteiger partial charge in [0.15, 0.2) is 0 Å². The molecular formula is C8H10ClNO2. The minimum atomic E-state index is -0.0717. The van der Waals surface area contributed by atoms with E-state index in [1.165, 1.54) is 7.11 Å². The van der Waals surface area contributed by atoms with E-state index in [1.54, 1.807) is 12.1 Å². The van der Waals surface area contributed by atoms with Gasteiger partial charge in [-0.25, -0.2) is 0 Å². The Kier molecular flexibility index (Phi) is 2.78. The lowest BCUT2D eigenvalue weighted by molar-refractivity contribution is 0.281. The molecule has 0 aliphatic heterocycles. The molecule has 1 aromatic rings. The van der Waals surface area contributed by atoms with Crippen molar-refractivity contribution in [3.8, 4) is 5.75 Å². The Morgan fingerprint density at radius 3 is 2.75 bits per heavy atom. The molecule has 0 aliphatic rings. The highest BCUT2D eigenvalue weighted by Gasteiger charge is 2.05. The predicted molar refractivity (Wildman–Crippen MR) is 48.3 cm³/mol. The van der Waals surface area contributed by atoms with Crippen LogP contribution in [-0.2, 0) is 6.61 Å². The van der Waals surface area contributed by atoms with Gasteiger partial charge in [0.25, 0.3) is 0 Å². The Balaban J connectivity index is 3.19. The fraction of sp³-hybridized carbons (Fsp3) is 0.250. The molecular weight excluding hydrogens is 178 g/mol. The van der Waals surface area contributed by atoms with Crippen molar-refractivity contribution in [3.05, 3.63) is 22.7 Å². The smallest absolute Gasteiger partial charge is 0.139 e. The van der Waals surface area contributed by atoms with Gasteiger partial charge >= 0.3 is 0 Å². The van der Waals surface area contributed by atoms with E-state index in [0.717, 1.165) is 0 Å². The van der Waals surface area contributed by atoms with Gasteiger partial charge in [-0.1, -0.05) is 11.6 Å². The first kappa shape index (κ1) is 9.16. The molecule has 3 nitrogen and oxygen atoms in total. The zero-order valence-corrected chi connectivity index (χ0v) is 7.43. The first-order valence-electron chi connectivity index (χ1n) is 3.41. The third-order valence-electron chi connectivity index (χ3n) is 1.53. The van der Waals surface area contributed by atoms with Crippen molar-refractivity contribution in [3.63, 3.8) is 0 Å². The summed E-state index contributed by atoms with van der Waals surface area (Å²) in [5.74, 6) is 0.487. The number of nitrogens with two attached hydrogens (primary N) is 1. The summed E-state index contributed by atoms with van der Waals surface area (Å²) in [5.41, 5.74) is 6.65. The van der Waals surface area contributed by atoms with Crippen molar-refractivity contribution in [2.24, 2.45) is 0 Å². The molecule has 0 heterocycles. The number of ether oxygens (including phenoxy) is 1. The van der Waals surface area contributed by atoms with Crippen LogP contribution >= 0.6 is 11.6 Å². The highest BCUT2D eigenvalue weighted by molar-refractivity contribution is 6.34. The van der Waals surface area contributed by atoms with Crippen molar-refractivity contribution in [1.29, 1.82) is 0 Å². The molecule has 0 saturated carbocycles. The maximum atomic E-state index is 8.82. The van der Waals surface area contributed by atoms with Gasteiger partial charge in [-0.05, 0) is 17.7 Å². The lowest BCUT2D eigenvalue weighted by atomic mass is 10.2. The Bertz CT molecular complexity index is 289. The third-order valence-corrected chi connectivity index (χ3v) is 1.93. The quantitative estimate of drug-likeness (QED) is 0.689. The van der Waals surface area contributed by atoms with Crippen molar-refractivity contribution in [2.45, 2.75) is 6.61 Å². The molecule has 0 atom stereocenters. The number of hydrogen-bond acceptors (Lipinski definition) is 3. The van der Waals surface area contributed by atoms with Gasteiger partial charge in [-0.2, -0.15) is 0 Å². The maximum absolute atomic E-state index is 8.82. The number of aliphatic hydroxyl groups is 1. The summed E-state index contributed by atoms with van der Waals surface area (Å²) in [5, 5.41) is 9.20. The van der Waals surface area contributed by atoms with E-state index in [2.05, 4.69) is 0 Å². The molecule has 0 unspecified atom stereocenters. The Hall–Kier alpha value is -0.930. The van der Waals surface area contributed by atoms with Crippen LogP contribution in [0.1, 0.15) is 5.56 Å². The van der Waals surface area contributed by atoms with E-state index in [0.29, 0.717) is 22.0 Å². The third kappa shape index (κ3) is 1.62. The average molecular weight is 188 g/mol. The van der Waals surface area contributed by atoms with Crippen LogP contribution in [0.3, 0.4) is 0 Å². The molecule has 0 aliphatic carbocycles. The zero-order valence-electron chi connectivity index (χ0n) is 6.67. The van der Waals surface area contributed by atoms with Crippen LogP contribution in [0.2, 0.25) is 5.02 Å². The van der Waals surface area contributed by atoms with Gasteiger partial charge in [-0.3, -0.25) is 0 Å². The van der Waals surface area contributed by atoms with Crippen molar-refractivity contribution in [2.75, 3.05) is 12.8 Å². The summed E-state index contributed by atoms with van der Waals surface area (Å²) in [4.78, 5) is 0. The Labute approximate surface area is 75.7 Å². The summed E-state index contributed by atoms with van der Waals surface area (Å²) >= 11 is 5.79. The van der Waals surface area contributed by atoms with Gasteiger partial charge in [-0.15, -0.1) is 0 Å². The molecule has 0 saturated heterocycles. The summed E-state index contributed by atoms with van der Waals surface area (Å²) < 4.78 is 4.95. The molecule has 0 fully saturated rings. The molecule has 3 N–H and O–H groups in total. The number of aliphatic hydroxyl groups excluding tert-OH is 1. The molecule has 1 aromatic carbocycles. The second kappa shape index (κ2) is 3.65. The number of benzene rings is 1. The standard InChI is InChI=1S/C8H10ClNO2/c1-12-7-3-5(4-11)2-6(10)8(7)9/h2-3,11H,4,10H2,1H3. The molecule has 12 heavy (non-hydrogen) atoms. The first-order valence-corrected chi connectivity index (χ1v) is 3.79. The normalized spacial score (nSPS) is 9.92. The number of rotatable bonds is 2. The summed E-state index contributed by atoms with van der Waals surface area (Å²) in [7, 11) is 1.50. The Morgan fingerprint density at radius 2 is 2.25 bits per heavy atom. The van der Waals surface area contributed by atoms with Crippen LogP contribution in [0.4, 0.5) is 5.69 Å². The van der Waals surface area contributed by atoms with Crippen LogP contribution in [-0.4, -0.2) is 12.2 Å². The number of halogens is 1. The summed E-state index contributed by atoms with van der Waals surface area (Å²) in [6.07, 6.45) is 0. The van der Waals surface area contributed by atoms with Crippen molar-refractivity contribution < 1.29 is 9.84 Å². The lowest BCUT2D eigenvalue weighted by Crippen LogP contribution is -1.94. The average Bonchev–Trinajstić information content (AvgIpc) is 2.09. The van der Waals surface area contributed by atoms with E-state index in [-0.39, 0.29) is 6.61 Å². The van der Waals surface area contributed by atoms with Gasteiger partial charge in [0.2, 0.25) is 0 Å². The van der Waals surface area contributed by atoms with Crippen LogP contribution in [0, 0.1) is 0 Å². The van der Waals surface area contributed by atoms with E-state index >= 15 is 0 Å². The van der Waals surface area contributed by atoms with Gasteiger partial charge in [0.1, 0.15) is 10.8 Å². The number of anilines is 1. The second-order valence-corrected chi connectivity index (χ2v) is 2.74. The maximum Gasteiger partial charge on any atom is 0.139 e. The number of hydrogen-bond donors (Lipinski definition) is 2. The molecule has 0 spiro atoms. The molecule has 0 radical (unpaired) electrons. The van der Waals surface area contributed by atoms with Crippen LogP contribution < -0.4 is 10.5 Å². The molecule has 0 aromatic heterocycles. The van der Waals surface area contributed by atoms with E-state index in [9.17, 15) is 0 Å². The molecule has 4 heteroatoms. The fourth-order valence-corrected chi connectivity index (χ4v) is 1.10. The predicted octanol–water partition coefficient (Wildman–Crippen LogP) is 1.42. The number of nitrogen functional groups attached to an aromatic ring is 1. The van der Waals surface area contributed by atoms with E-state index < -0.39 is 0 Å². The molecule has 0 bridgehead atoms.